The normalized spacial score (nSPS) is 42.4. The lowest BCUT2D eigenvalue weighted by molar-refractivity contribution is 0.127. The Bertz CT molecular complexity index is 284. The quantitative estimate of drug-likeness (QED) is 0.669. The van der Waals surface area contributed by atoms with Crippen molar-refractivity contribution in [3.05, 3.63) is 11.6 Å². The lowest BCUT2D eigenvalue weighted by atomic mass is 9.69. The molecule has 1 N–H and O–H groups in total. The zero-order valence-electron chi connectivity index (χ0n) is 11.2. The number of hydrogen-bond acceptors (Lipinski definition) is 1. The van der Waals surface area contributed by atoms with Crippen LogP contribution in [0.3, 0.4) is 0 Å². The summed E-state index contributed by atoms with van der Waals surface area (Å²) >= 11 is 0. The summed E-state index contributed by atoms with van der Waals surface area (Å²) < 4.78 is 0. The third-order valence-corrected chi connectivity index (χ3v) is 4.62. The molecular weight excluding hydrogens is 196 g/mol. The molecule has 2 aliphatic rings. The molecule has 2 aliphatic carbocycles. The Morgan fingerprint density at radius 3 is 2.44 bits per heavy atom. The van der Waals surface area contributed by atoms with Crippen LogP contribution >= 0.6 is 0 Å². The molecule has 0 aliphatic heterocycles. The third-order valence-electron chi connectivity index (χ3n) is 4.62. The molecule has 0 spiro atoms. The Labute approximate surface area is 99.9 Å². The van der Waals surface area contributed by atoms with E-state index in [0.717, 1.165) is 23.7 Å². The number of hydrogen-bond donors (Lipinski definition) is 1. The molecule has 2 saturated carbocycles. The molecule has 0 bridgehead atoms. The van der Waals surface area contributed by atoms with Gasteiger partial charge in [0.05, 0.1) is 5.60 Å². The van der Waals surface area contributed by atoms with Gasteiger partial charge >= 0.3 is 0 Å². The van der Waals surface area contributed by atoms with Gasteiger partial charge in [-0.1, -0.05) is 25.5 Å². The van der Waals surface area contributed by atoms with E-state index in [4.69, 9.17) is 0 Å². The molecule has 1 heteroatoms. The van der Waals surface area contributed by atoms with Gasteiger partial charge in [0.15, 0.2) is 0 Å². The van der Waals surface area contributed by atoms with Crippen LogP contribution in [-0.4, -0.2) is 10.7 Å². The van der Waals surface area contributed by atoms with Gasteiger partial charge in [-0.2, -0.15) is 0 Å². The van der Waals surface area contributed by atoms with Crippen molar-refractivity contribution >= 4 is 0 Å². The standard InChI is InChI=1S/C15H26O/c1-10-5-7-12(9-15(3,4)16)14-11(2)6-8-13(10)14/h9-11,13-14,16H,5-8H2,1-4H3/b12-9+/t10-,11-,13+,14-/m0/s1. The van der Waals surface area contributed by atoms with E-state index in [1.165, 1.54) is 25.7 Å². The van der Waals surface area contributed by atoms with Crippen molar-refractivity contribution in [1.82, 2.24) is 0 Å². The summed E-state index contributed by atoms with van der Waals surface area (Å²) in [5.41, 5.74) is 0.906. The monoisotopic (exact) mass is 222 g/mol. The molecule has 0 amide bonds. The second-order valence-corrected chi connectivity index (χ2v) is 6.63. The van der Waals surface area contributed by atoms with Gasteiger partial charge in [-0.05, 0) is 63.2 Å². The first-order valence-corrected chi connectivity index (χ1v) is 6.82. The fourth-order valence-electron chi connectivity index (χ4n) is 3.91. The Balaban J connectivity index is 2.24. The molecule has 92 valence electrons. The fraction of sp³-hybridized carbons (Fsp3) is 0.867. The van der Waals surface area contributed by atoms with Gasteiger partial charge in [0.1, 0.15) is 0 Å². The smallest absolute Gasteiger partial charge is 0.0774 e. The van der Waals surface area contributed by atoms with E-state index in [-0.39, 0.29) is 0 Å². The van der Waals surface area contributed by atoms with E-state index in [2.05, 4.69) is 19.9 Å². The second-order valence-electron chi connectivity index (χ2n) is 6.63. The molecule has 1 nitrogen and oxygen atoms in total. The van der Waals surface area contributed by atoms with Crippen LogP contribution in [-0.2, 0) is 0 Å². The van der Waals surface area contributed by atoms with Crippen molar-refractivity contribution in [3.8, 4) is 0 Å². The lowest BCUT2D eigenvalue weighted by Crippen LogP contribution is -2.29. The van der Waals surface area contributed by atoms with Crippen LogP contribution in [0.5, 0.6) is 0 Å². The minimum Gasteiger partial charge on any atom is -0.386 e. The minimum atomic E-state index is -0.636. The number of fused-ring (bicyclic) bond motifs is 1. The average Bonchev–Trinajstić information content (AvgIpc) is 2.52. The highest BCUT2D eigenvalue weighted by Gasteiger charge is 2.41. The maximum absolute atomic E-state index is 9.97. The van der Waals surface area contributed by atoms with Crippen LogP contribution in [0.1, 0.15) is 53.4 Å². The van der Waals surface area contributed by atoms with Gasteiger partial charge in [-0.3, -0.25) is 0 Å². The van der Waals surface area contributed by atoms with Crippen molar-refractivity contribution in [2.75, 3.05) is 0 Å². The number of rotatable bonds is 1. The summed E-state index contributed by atoms with van der Waals surface area (Å²) in [4.78, 5) is 0. The SMILES string of the molecule is C[C@H]1CC/C(=C\C(C)(C)O)[C@H]2[C@@H]1CC[C@@H]2C. The summed E-state index contributed by atoms with van der Waals surface area (Å²) in [5.74, 6) is 3.35. The Morgan fingerprint density at radius 2 is 1.81 bits per heavy atom. The summed E-state index contributed by atoms with van der Waals surface area (Å²) in [6.07, 6.45) is 7.43. The number of allylic oxidation sites excluding steroid dienone is 1. The van der Waals surface area contributed by atoms with E-state index in [9.17, 15) is 5.11 Å². The topological polar surface area (TPSA) is 20.2 Å². The van der Waals surface area contributed by atoms with Crippen LogP contribution in [0, 0.1) is 23.7 Å². The molecule has 0 aromatic carbocycles. The molecule has 0 unspecified atom stereocenters. The Hall–Kier alpha value is -0.300. The second kappa shape index (κ2) is 4.18. The number of aliphatic hydroxyl groups is 1. The van der Waals surface area contributed by atoms with Crippen LogP contribution in [0.25, 0.3) is 0 Å². The van der Waals surface area contributed by atoms with Crippen LogP contribution in [0.2, 0.25) is 0 Å². The molecule has 2 fully saturated rings. The van der Waals surface area contributed by atoms with Crippen molar-refractivity contribution in [2.24, 2.45) is 23.7 Å². The Morgan fingerprint density at radius 1 is 1.12 bits per heavy atom. The van der Waals surface area contributed by atoms with E-state index in [1.807, 2.05) is 13.8 Å². The van der Waals surface area contributed by atoms with Gasteiger partial charge in [-0.15, -0.1) is 0 Å². The molecule has 16 heavy (non-hydrogen) atoms. The molecular formula is C15H26O. The first-order chi connectivity index (χ1) is 7.38. The zero-order valence-corrected chi connectivity index (χ0v) is 11.2. The van der Waals surface area contributed by atoms with Gasteiger partial charge in [0.2, 0.25) is 0 Å². The first kappa shape index (κ1) is 12.2. The first-order valence-electron chi connectivity index (χ1n) is 6.82. The van der Waals surface area contributed by atoms with E-state index < -0.39 is 5.60 Å². The van der Waals surface area contributed by atoms with Crippen molar-refractivity contribution < 1.29 is 5.11 Å². The third kappa shape index (κ3) is 2.34. The van der Waals surface area contributed by atoms with Crippen molar-refractivity contribution in [3.63, 3.8) is 0 Å². The molecule has 0 aromatic heterocycles. The van der Waals surface area contributed by atoms with E-state index in [1.54, 1.807) is 5.57 Å². The molecule has 0 saturated heterocycles. The van der Waals surface area contributed by atoms with Gasteiger partial charge in [-0.25, -0.2) is 0 Å². The molecule has 4 atom stereocenters. The highest BCUT2D eigenvalue weighted by Crippen LogP contribution is 2.51. The highest BCUT2D eigenvalue weighted by molar-refractivity contribution is 5.19. The van der Waals surface area contributed by atoms with Crippen LogP contribution < -0.4 is 0 Å². The fourth-order valence-corrected chi connectivity index (χ4v) is 3.91. The predicted octanol–water partition coefficient (Wildman–Crippen LogP) is 3.78. The molecule has 2 rings (SSSR count). The molecule has 0 heterocycles. The van der Waals surface area contributed by atoms with Gasteiger partial charge in [0.25, 0.3) is 0 Å². The van der Waals surface area contributed by atoms with Crippen molar-refractivity contribution in [2.45, 2.75) is 59.0 Å². The van der Waals surface area contributed by atoms with E-state index in [0.29, 0.717) is 0 Å². The predicted molar refractivity (Wildman–Crippen MR) is 68.2 cm³/mol. The summed E-state index contributed by atoms with van der Waals surface area (Å²) in [7, 11) is 0. The van der Waals surface area contributed by atoms with Gasteiger partial charge in [0, 0.05) is 0 Å². The summed E-state index contributed by atoms with van der Waals surface area (Å²) in [6, 6.07) is 0. The molecule has 0 aromatic rings. The van der Waals surface area contributed by atoms with Crippen LogP contribution in [0.15, 0.2) is 11.6 Å². The lowest BCUT2D eigenvalue weighted by Gasteiger charge is -2.37. The summed E-state index contributed by atoms with van der Waals surface area (Å²) in [5, 5.41) is 9.97. The maximum Gasteiger partial charge on any atom is 0.0774 e. The molecule has 0 radical (unpaired) electrons. The van der Waals surface area contributed by atoms with Gasteiger partial charge < -0.3 is 5.11 Å². The van der Waals surface area contributed by atoms with Crippen molar-refractivity contribution in [1.29, 1.82) is 0 Å². The zero-order chi connectivity index (χ0) is 11.9. The minimum absolute atomic E-state index is 0.636. The highest BCUT2D eigenvalue weighted by atomic mass is 16.3. The van der Waals surface area contributed by atoms with E-state index >= 15 is 0 Å². The van der Waals surface area contributed by atoms with Crippen LogP contribution in [0.4, 0.5) is 0 Å². The summed E-state index contributed by atoms with van der Waals surface area (Å²) in [6.45, 7) is 8.59. The maximum atomic E-state index is 9.97. The Kier molecular flexibility index (Phi) is 3.18. The largest absolute Gasteiger partial charge is 0.386 e. The average molecular weight is 222 g/mol.